The Morgan fingerprint density at radius 3 is 1.17 bits per heavy atom. The molecule has 0 radical (unpaired) electrons. The molecule has 0 bridgehead atoms. The van der Waals surface area contributed by atoms with Gasteiger partial charge in [0.15, 0.2) is 14.7 Å². The highest BCUT2D eigenvalue weighted by molar-refractivity contribution is 7.61. The van der Waals surface area contributed by atoms with Gasteiger partial charge in [0.2, 0.25) is 0 Å². The predicted molar refractivity (Wildman–Crippen MR) is 54.7 cm³/mol. The van der Waals surface area contributed by atoms with Gasteiger partial charge in [-0.2, -0.15) is 0 Å². The highest BCUT2D eigenvalue weighted by Gasteiger charge is 2.16. The van der Waals surface area contributed by atoms with E-state index in [1.807, 2.05) is 0 Å². The van der Waals surface area contributed by atoms with Crippen LogP contribution in [0.1, 0.15) is 14.9 Å². The van der Waals surface area contributed by atoms with E-state index in [4.69, 9.17) is 9.79 Å². The lowest BCUT2D eigenvalue weighted by Gasteiger charge is -2.06. The van der Waals surface area contributed by atoms with Crippen molar-refractivity contribution in [3.05, 3.63) is 0 Å². The molecule has 4 nitrogen and oxygen atoms in total. The average Bonchev–Trinajstić information content (AvgIpc) is 1.57. The van der Waals surface area contributed by atoms with E-state index in [1.165, 1.54) is 13.3 Å². The van der Waals surface area contributed by atoms with Crippen LogP contribution in [-0.4, -0.2) is 35.4 Å². The van der Waals surface area contributed by atoms with Crippen molar-refractivity contribution in [2.75, 3.05) is 25.7 Å². The summed E-state index contributed by atoms with van der Waals surface area (Å²) in [5, 5.41) is 0. The van der Waals surface area contributed by atoms with E-state index in [1.54, 1.807) is 0 Å². The quantitative estimate of drug-likeness (QED) is 0.711. The van der Waals surface area contributed by atoms with Gasteiger partial charge in [0, 0.05) is 25.7 Å². The number of hydrogen-bond donors (Lipinski definition) is 2. The summed E-state index contributed by atoms with van der Waals surface area (Å²) in [7, 11) is -6.19. The zero-order chi connectivity index (χ0) is 8.41. The minimum Gasteiger partial charge on any atom is -0.344 e. The fraction of sp³-hybridized carbons (Fsp3) is 1.00. The molecule has 0 aromatic carbocycles. The third kappa shape index (κ3) is 16.8. The molecule has 0 aliphatic carbocycles. The van der Waals surface area contributed by atoms with Gasteiger partial charge >= 0.3 is 0 Å². The van der Waals surface area contributed by atoms with Gasteiger partial charge in [-0.1, -0.05) is 14.9 Å². The first-order valence-corrected chi connectivity index (χ1v) is 7.38. The van der Waals surface area contributed by atoms with Gasteiger partial charge in [0.1, 0.15) is 0 Å². The summed E-state index contributed by atoms with van der Waals surface area (Å²) < 4.78 is 21.2. The average molecular weight is 218 g/mol. The molecule has 0 heterocycles. The Bertz CT molecular complexity index is 168. The maximum absolute atomic E-state index is 10.6. The summed E-state index contributed by atoms with van der Waals surface area (Å²) in [6.45, 7) is 2.37. The van der Waals surface area contributed by atoms with Crippen molar-refractivity contribution in [1.29, 1.82) is 0 Å². The SMILES string of the molecule is C.C.CP(=O)(O)CCP(C)(=O)O. The van der Waals surface area contributed by atoms with E-state index >= 15 is 0 Å². The van der Waals surface area contributed by atoms with Crippen LogP contribution in [0.2, 0.25) is 0 Å². The van der Waals surface area contributed by atoms with Crippen molar-refractivity contribution in [3.63, 3.8) is 0 Å². The minimum atomic E-state index is -3.09. The molecule has 0 spiro atoms. The lowest BCUT2D eigenvalue weighted by molar-refractivity contribution is 0.474. The molecule has 0 rings (SSSR count). The molecular formula is C6H20O4P2. The van der Waals surface area contributed by atoms with Gasteiger partial charge in [0.25, 0.3) is 0 Å². The minimum absolute atomic E-state index is 0. The third-order valence-electron chi connectivity index (χ3n) is 0.930. The van der Waals surface area contributed by atoms with Crippen LogP contribution >= 0.6 is 14.7 Å². The molecule has 0 aliphatic rings. The summed E-state index contributed by atoms with van der Waals surface area (Å²) in [4.78, 5) is 17.4. The number of hydrogen-bond acceptors (Lipinski definition) is 2. The van der Waals surface area contributed by atoms with Gasteiger partial charge in [-0.05, 0) is 0 Å². The van der Waals surface area contributed by atoms with E-state index in [9.17, 15) is 9.13 Å². The van der Waals surface area contributed by atoms with Crippen molar-refractivity contribution in [2.45, 2.75) is 14.9 Å². The summed E-state index contributed by atoms with van der Waals surface area (Å²) in [5.74, 6) is 0. The van der Waals surface area contributed by atoms with Crippen LogP contribution in [0, 0.1) is 0 Å². The predicted octanol–water partition coefficient (Wildman–Crippen LogP) is 2.06. The summed E-state index contributed by atoms with van der Waals surface area (Å²) >= 11 is 0. The molecule has 6 heteroatoms. The third-order valence-corrected chi connectivity index (χ3v) is 3.39. The molecule has 0 fully saturated rings. The zero-order valence-corrected chi connectivity index (χ0v) is 7.81. The van der Waals surface area contributed by atoms with Crippen LogP contribution in [0.3, 0.4) is 0 Å². The second-order valence-electron chi connectivity index (χ2n) is 2.55. The van der Waals surface area contributed by atoms with E-state index in [2.05, 4.69) is 0 Å². The Hall–Kier alpha value is 0.380. The van der Waals surface area contributed by atoms with E-state index in [-0.39, 0.29) is 27.2 Å². The fourth-order valence-corrected chi connectivity index (χ4v) is 3.34. The topological polar surface area (TPSA) is 74.6 Å². The monoisotopic (exact) mass is 218 g/mol. The van der Waals surface area contributed by atoms with E-state index in [0.717, 1.165) is 0 Å². The molecule has 2 unspecified atom stereocenters. The summed E-state index contributed by atoms with van der Waals surface area (Å²) in [6, 6.07) is 0. The number of rotatable bonds is 3. The van der Waals surface area contributed by atoms with Crippen LogP contribution in [-0.2, 0) is 9.13 Å². The highest BCUT2D eigenvalue weighted by atomic mass is 31.2. The Kier molecular flexibility index (Phi) is 9.00. The Balaban J connectivity index is -0.000000405. The van der Waals surface area contributed by atoms with Crippen LogP contribution < -0.4 is 0 Å². The molecule has 0 saturated heterocycles. The molecule has 78 valence electrons. The zero-order valence-electron chi connectivity index (χ0n) is 6.02. The Morgan fingerprint density at radius 1 is 0.917 bits per heavy atom. The molecular weight excluding hydrogens is 198 g/mol. The van der Waals surface area contributed by atoms with Crippen molar-refractivity contribution >= 4 is 14.7 Å². The van der Waals surface area contributed by atoms with Gasteiger partial charge in [-0.15, -0.1) is 0 Å². The Morgan fingerprint density at radius 2 is 1.08 bits per heavy atom. The molecule has 2 atom stereocenters. The normalized spacial score (nSPS) is 19.3. The molecule has 12 heavy (non-hydrogen) atoms. The molecule has 0 aliphatic heterocycles. The maximum atomic E-state index is 10.6. The molecule has 0 aromatic heterocycles. The first-order chi connectivity index (χ1) is 4.21. The first-order valence-electron chi connectivity index (χ1n) is 2.79. The lowest BCUT2D eigenvalue weighted by Crippen LogP contribution is -1.94. The van der Waals surface area contributed by atoms with Crippen molar-refractivity contribution in [1.82, 2.24) is 0 Å². The van der Waals surface area contributed by atoms with Gasteiger partial charge < -0.3 is 9.79 Å². The smallest absolute Gasteiger partial charge is 0.198 e. The van der Waals surface area contributed by atoms with Crippen molar-refractivity contribution in [3.8, 4) is 0 Å². The molecule has 0 amide bonds. The summed E-state index contributed by atoms with van der Waals surface area (Å²) in [6.07, 6.45) is -0.144. The highest BCUT2D eigenvalue weighted by Crippen LogP contribution is 2.43. The van der Waals surface area contributed by atoms with Gasteiger partial charge in [-0.25, -0.2) is 0 Å². The van der Waals surface area contributed by atoms with Crippen LogP contribution in [0.4, 0.5) is 0 Å². The van der Waals surface area contributed by atoms with Gasteiger partial charge in [0.05, 0.1) is 0 Å². The van der Waals surface area contributed by atoms with Gasteiger partial charge in [-0.3, -0.25) is 9.13 Å². The van der Waals surface area contributed by atoms with Crippen LogP contribution in [0.5, 0.6) is 0 Å². The van der Waals surface area contributed by atoms with Crippen molar-refractivity contribution < 1.29 is 18.9 Å². The maximum Gasteiger partial charge on any atom is 0.198 e. The lowest BCUT2D eigenvalue weighted by atomic mass is 11.0. The largest absolute Gasteiger partial charge is 0.344 e. The standard InChI is InChI=1S/C4H12O4P2.2CH4/c1-9(5,6)3-4-10(2,7)8;;/h3-4H2,1-2H3,(H,5,6)(H,7,8);2*1H4. The van der Waals surface area contributed by atoms with Crippen molar-refractivity contribution in [2.24, 2.45) is 0 Å². The van der Waals surface area contributed by atoms with Crippen LogP contribution in [0.15, 0.2) is 0 Å². The molecule has 2 N–H and O–H groups in total. The second-order valence-corrected chi connectivity index (χ2v) is 7.65. The molecule has 0 aromatic rings. The van der Waals surface area contributed by atoms with E-state index in [0.29, 0.717) is 0 Å². The second kappa shape index (κ2) is 5.93. The first kappa shape index (κ1) is 18.2. The van der Waals surface area contributed by atoms with E-state index < -0.39 is 14.7 Å². The van der Waals surface area contributed by atoms with Crippen LogP contribution in [0.25, 0.3) is 0 Å². The summed E-state index contributed by atoms with van der Waals surface area (Å²) in [5.41, 5.74) is 0. The molecule has 0 saturated carbocycles. The fourth-order valence-electron chi connectivity index (χ4n) is 0.371. The Labute approximate surface area is 74.9 Å².